The van der Waals surface area contributed by atoms with Crippen molar-refractivity contribution in [2.45, 2.75) is 18.4 Å². The summed E-state index contributed by atoms with van der Waals surface area (Å²) in [5, 5.41) is 3.44. The number of hydrogen-bond donors (Lipinski definition) is 1. The van der Waals surface area contributed by atoms with Gasteiger partial charge in [0.05, 0.1) is 18.3 Å². The molecule has 0 atom stereocenters. The van der Waals surface area contributed by atoms with E-state index >= 15 is 0 Å². The van der Waals surface area contributed by atoms with Crippen LogP contribution in [0.5, 0.6) is 5.75 Å². The number of benzene rings is 2. The van der Waals surface area contributed by atoms with Gasteiger partial charge in [0.2, 0.25) is 0 Å². The van der Waals surface area contributed by atoms with Crippen molar-refractivity contribution >= 4 is 5.69 Å². The highest BCUT2D eigenvalue weighted by Crippen LogP contribution is 2.49. The van der Waals surface area contributed by atoms with Gasteiger partial charge in [-0.3, -0.25) is 0 Å². The third-order valence-corrected chi connectivity index (χ3v) is 3.61. The average molecular weight is 257 g/mol. The molecule has 0 spiro atoms. The zero-order chi connectivity index (χ0) is 13.3. The zero-order valence-corrected chi connectivity index (χ0v) is 10.8. The van der Waals surface area contributed by atoms with Crippen molar-refractivity contribution in [3.05, 3.63) is 59.9 Å². The van der Waals surface area contributed by atoms with E-state index in [0.717, 1.165) is 12.8 Å². The first-order chi connectivity index (χ1) is 9.23. The maximum Gasteiger partial charge on any atom is 0.142 e. The second-order valence-electron chi connectivity index (χ2n) is 4.92. The third-order valence-electron chi connectivity index (χ3n) is 3.61. The topological polar surface area (TPSA) is 21.3 Å². The first-order valence-corrected chi connectivity index (χ1v) is 6.41. The Bertz CT molecular complexity index is 579. The van der Waals surface area contributed by atoms with Gasteiger partial charge in [0.1, 0.15) is 11.6 Å². The number of ether oxygens (including phenoxy) is 1. The van der Waals surface area contributed by atoms with Crippen molar-refractivity contribution < 1.29 is 9.13 Å². The monoisotopic (exact) mass is 257 g/mol. The average Bonchev–Trinajstić information content (AvgIpc) is 3.21. The molecule has 1 saturated carbocycles. The largest absolute Gasteiger partial charge is 0.495 e. The summed E-state index contributed by atoms with van der Waals surface area (Å²) in [6, 6.07) is 14.8. The lowest BCUT2D eigenvalue weighted by Crippen LogP contribution is -2.19. The Hall–Kier alpha value is -2.03. The molecule has 0 aliphatic heterocycles. The molecule has 1 aliphatic rings. The van der Waals surface area contributed by atoms with Crippen molar-refractivity contribution in [1.29, 1.82) is 0 Å². The van der Waals surface area contributed by atoms with E-state index in [0.29, 0.717) is 11.4 Å². The van der Waals surface area contributed by atoms with Crippen molar-refractivity contribution in [3.8, 4) is 5.75 Å². The fourth-order valence-electron chi connectivity index (χ4n) is 2.40. The number of methoxy groups -OCH3 is 1. The molecule has 2 aromatic rings. The predicted molar refractivity (Wildman–Crippen MR) is 73.9 cm³/mol. The van der Waals surface area contributed by atoms with Crippen LogP contribution in [0.2, 0.25) is 0 Å². The maximum atomic E-state index is 13.4. The van der Waals surface area contributed by atoms with Crippen LogP contribution in [0.1, 0.15) is 18.4 Å². The predicted octanol–water partition coefficient (Wildman–Crippen LogP) is 3.94. The molecule has 98 valence electrons. The standard InChI is InChI=1S/C16H16FNO/c1-19-15-8-7-13(17)11-14(15)18-16(9-10-16)12-5-3-2-4-6-12/h2-8,11,18H,9-10H2,1H3. The molecule has 1 aliphatic carbocycles. The summed E-state index contributed by atoms with van der Waals surface area (Å²) in [6.45, 7) is 0. The van der Waals surface area contributed by atoms with Crippen LogP contribution < -0.4 is 10.1 Å². The Morgan fingerprint density at radius 3 is 2.47 bits per heavy atom. The lowest BCUT2D eigenvalue weighted by Gasteiger charge is -2.21. The molecule has 0 radical (unpaired) electrons. The van der Waals surface area contributed by atoms with E-state index in [1.165, 1.54) is 17.7 Å². The molecule has 1 N–H and O–H groups in total. The summed E-state index contributed by atoms with van der Waals surface area (Å²) in [6.07, 6.45) is 2.10. The summed E-state index contributed by atoms with van der Waals surface area (Å²) in [4.78, 5) is 0. The van der Waals surface area contributed by atoms with Gasteiger partial charge in [-0.05, 0) is 30.5 Å². The minimum atomic E-state index is -0.257. The normalized spacial score (nSPS) is 15.9. The highest BCUT2D eigenvalue weighted by Gasteiger charge is 2.44. The van der Waals surface area contributed by atoms with E-state index in [1.54, 1.807) is 13.2 Å². The van der Waals surface area contributed by atoms with Gasteiger partial charge in [0.25, 0.3) is 0 Å². The highest BCUT2D eigenvalue weighted by molar-refractivity contribution is 5.60. The van der Waals surface area contributed by atoms with Crippen LogP contribution in [-0.2, 0) is 5.54 Å². The lowest BCUT2D eigenvalue weighted by molar-refractivity contribution is 0.414. The molecule has 19 heavy (non-hydrogen) atoms. The fourth-order valence-corrected chi connectivity index (χ4v) is 2.40. The Morgan fingerprint density at radius 2 is 1.84 bits per heavy atom. The van der Waals surface area contributed by atoms with E-state index in [9.17, 15) is 4.39 Å². The van der Waals surface area contributed by atoms with Crippen LogP contribution in [0, 0.1) is 5.82 Å². The molecule has 0 aromatic heterocycles. The van der Waals surface area contributed by atoms with Crippen molar-refractivity contribution in [2.75, 3.05) is 12.4 Å². The third kappa shape index (κ3) is 2.28. The summed E-state index contributed by atoms with van der Waals surface area (Å²) in [7, 11) is 1.60. The van der Waals surface area contributed by atoms with Crippen LogP contribution in [-0.4, -0.2) is 7.11 Å². The molecule has 2 aromatic carbocycles. The second-order valence-corrected chi connectivity index (χ2v) is 4.92. The molecule has 1 fully saturated rings. The molecule has 3 heteroatoms. The first-order valence-electron chi connectivity index (χ1n) is 6.41. The highest BCUT2D eigenvalue weighted by atomic mass is 19.1. The molecule has 2 nitrogen and oxygen atoms in total. The molecule has 0 heterocycles. The van der Waals surface area contributed by atoms with Gasteiger partial charge in [-0.1, -0.05) is 30.3 Å². The lowest BCUT2D eigenvalue weighted by atomic mass is 10.0. The van der Waals surface area contributed by atoms with E-state index in [1.807, 2.05) is 18.2 Å². The quantitative estimate of drug-likeness (QED) is 0.895. The maximum absolute atomic E-state index is 13.4. The van der Waals surface area contributed by atoms with Gasteiger partial charge >= 0.3 is 0 Å². The number of halogens is 1. The minimum absolute atomic E-state index is 0.0671. The number of anilines is 1. The Labute approximate surface area is 112 Å². The second kappa shape index (κ2) is 4.57. The summed E-state index contributed by atoms with van der Waals surface area (Å²) >= 11 is 0. The molecular formula is C16H16FNO. The molecule has 3 rings (SSSR count). The Kier molecular flexibility index (Phi) is 2.90. The van der Waals surface area contributed by atoms with Gasteiger partial charge in [-0.2, -0.15) is 0 Å². The van der Waals surface area contributed by atoms with E-state index in [4.69, 9.17) is 4.74 Å². The van der Waals surface area contributed by atoms with Crippen LogP contribution in [0.25, 0.3) is 0 Å². The van der Waals surface area contributed by atoms with E-state index in [2.05, 4.69) is 17.4 Å². The van der Waals surface area contributed by atoms with Crippen molar-refractivity contribution in [3.63, 3.8) is 0 Å². The van der Waals surface area contributed by atoms with Gasteiger partial charge in [-0.25, -0.2) is 4.39 Å². The van der Waals surface area contributed by atoms with Gasteiger partial charge < -0.3 is 10.1 Å². The Balaban J connectivity index is 1.92. The van der Waals surface area contributed by atoms with Gasteiger partial charge in [-0.15, -0.1) is 0 Å². The number of rotatable bonds is 4. The molecule has 0 unspecified atom stereocenters. The minimum Gasteiger partial charge on any atom is -0.495 e. The molecule has 0 bridgehead atoms. The van der Waals surface area contributed by atoms with Gasteiger partial charge in [0.15, 0.2) is 0 Å². The zero-order valence-electron chi connectivity index (χ0n) is 10.8. The van der Waals surface area contributed by atoms with Crippen LogP contribution in [0.4, 0.5) is 10.1 Å². The smallest absolute Gasteiger partial charge is 0.142 e. The summed E-state index contributed by atoms with van der Waals surface area (Å²) in [5.74, 6) is 0.413. The van der Waals surface area contributed by atoms with Crippen LogP contribution in [0.15, 0.2) is 48.5 Å². The van der Waals surface area contributed by atoms with E-state index in [-0.39, 0.29) is 11.4 Å². The molecule has 0 saturated heterocycles. The Morgan fingerprint density at radius 1 is 1.11 bits per heavy atom. The van der Waals surface area contributed by atoms with Crippen LogP contribution in [0.3, 0.4) is 0 Å². The SMILES string of the molecule is COc1ccc(F)cc1NC1(c2ccccc2)CC1. The van der Waals surface area contributed by atoms with Crippen molar-refractivity contribution in [2.24, 2.45) is 0 Å². The molecule has 0 amide bonds. The van der Waals surface area contributed by atoms with Crippen molar-refractivity contribution in [1.82, 2.24) is 0 Å². The molecular weight excluding hydrogens is 241 g/mol. The fraction of sp³-hybridized carbons (Fsp3) is 0.250. The number of nitrogens with one attached hydrogen (secondary N) is 1. The summed E-state index contributed by atoms with van der Waals surface area (Å²) < 4.78 is 18.7. The first kappa shape index (κ1) is 12.0. The summed E-state index contributed by atoms with van der Waals surface area (Å²) in [5.41, 5.74) is 1.88. The number of hydrogen-bond acceptors (Lipinski definition) is 2. The van der Waals surface area contributed by atoms with Gasteiger partial charge in [0, 0.05) is 6.07 Å². The van der Waals surface area contributed by atoms with E-state index < -0.39 is 0 Å². The van der Waals surface area contributed by atoms with Crippen LogP contribution >= 0.6 is 0 Å².